The van der Waals surface area contributed by atoms with Crippen molar-refractivity contribution < 1.29 is 15.0 Å². The third kappa shape index (κ3) is 3.68. The molecule has 0 amide bonds. The smallest absolute Gasteiger partial charge is 0.310 e. The molecule has 0 aliphatic rings. The number of nitrogens with one attached hydrogen (secondary N) is 1. The van der Waals surface area contributed by atoms with E-state index in [1.54, 1.807) is 13.8 Å². The largest absolute Gasteiger partial charge is 0.481 e. The summed E-state index contributed by atoms with van der Waals surface area (Å²) in [5, 5.41) is 22.6. The Bertz CT molecular complexity index is 268. The molecule has 102 valence electrons. The van der Waals surface area contributed by atoms with Crippen molar-refractivity contribution in [3.05, 3.63) is 0 Å². The van der Waals surface area contributed by atoms with Gasteiger partial charge in [0, 0.05) is 12.1 Å². The van der Waals surface area contributed by atoms with Crippen LogP contribution in [0.5, 0.6) is 0 Å². The van der Waals surface area contributed by atoms with Gasteiger partial charge in [0.15, 0.2) is 0 Å². The van der Waals surface area contributed by atoms with Gasteiger partial charge in [0.05, 0.1) is 11.0 Å². The van der Waals surface area contributed by atoms with E-state index in [1.165, 1.54) is 0 Å². The van der Waals surface area contributed by atoms with E-state index in [1.807, 2.05) is 27.7 Å². The zero-order valence-electron chi connectivity index (χ0n) is 11.9. The first-order chi connectivity index (χ1) is 7.52. The summed E-state index contributed by atoms with van der Waals surface area (Å²) >= 11 is 0. The van der Waals surface area contributed by atoms with Gasteiger partial charge in [0.1, 0.15) is 0 Å². The first-order valence-electron chi connectivity index (χ1n) is 6.23. The number of hydrogen-bond donors (Lipinski definition) is 3. The second kappa shape index (κ2) is 5.36. The van der Waals surface area contributed by atoms with Gasteiger partial charge in [-0.2, -0.15) is 0 Å². The SMILES string of the molecule is CCC(O)(CC)CNC(C)(C)C(C)(C)C(=O)O. The van der Waals surface area contributed by atoms with E-state index < -0.39 is 22.5 Å². The van der Waals surface area contributed by atoms with Crippen molar-refractivity contribution in [2.24, 2.45) is 5.41 Å². The van der Waals surface area contributed by atoms with Crippen molar-refractivity contribution in [2.45, 2.75) is 65.5 Å². The first kappa shape index (κ1) is 16.4. The van der Waals surface area contributed by atoms with Crippen LogP contribution in [-0.4, -0.2) is 33.9 Å². The van der Waals surface area contributed by atoms with Crippen molar-refractivity contribution in [3.8, 4) is 0 Å². The second-order valence-corrected chi connectivity index (χ2v) is 5.84. The maximum atomic E-state index is 11.2. The van der Waals surface area contributed by atoms with Gasteiger partial charge in [-0.3, -0.25) is 4.79 Å². The highest BCUT2D eigenvalue weighted by Crippen LogP contribution is 2.31. The van der Waals surface area contributed by atoms with E-state index in [4.69, 9.17) is 0 Å². The Labute approximate surface area is 104 Å². The van der Waals surface area contributed by atoms with Crippen molar-refractivity contribution >= 4 is 5.97 Å². The summed E-state index contributed by atoms with van der Waals surface area (Å²) in [6.07, 6.45) is 1.31. The molecule has 0 radical (unpaired) electrons. The van der Waals surface area contributed by atoms with Crippen molar-refractivity contribution in [1.29, 1.82) is 0 Å². The molecular formula is C13H27NO3. The lowest BCUT2D eigenvalue weighted by molar-refractivity contribution is -0.151. The number of rotatable bonds is 7. The van der Waals surface area contributed by atoms with Gasteiger partial charge in [0.25, 0.3) is 0 Å². The number of carboxylic acid groups (broad SMARTS) is 1. The number of hydrogen-bond acceptors (Lipinski definition) is 3. The standard InChI is InChI=1S/C13H27NO3/c1-7-13(17,8-2)9-14-12(5,6)11(3,4)10(15)16/h14,17H,7-9H2,1-6H3,(H,15,16). The number of carboxylic acids is 1. The minimum Gasteiger partial charge on any atom is -0.481 e. The lowest BCUT2D eigenvalue weighted by Gasteiger charge is -2.41. The van der Waals surface area contributed by atoms with Crippen LogP contribution in [0.3, 0.4) is 0 Å². The molecular weight excluding hydrogens is 218 g/mol. The number of aliphatic carboxylic acids is 1. The average Bonchev–Trinajstić information content (AvgIpc) is 2.25. The number of aliphatic hydroxyl groups is 1. The van der Waals surface area contributed by atoms with E-state index in [-0.39, 0.29) is 0 Å². The molecule has 3 N–H and O–H groups in total. The summed E-state index contributed by atoms with van der Waals surface area (Å²) < 4.78 is 0. The predicted molar refractivity (Wildman–Crippen MR) is 69.0 cm³/mol. The van der Waals surface area contributed by atoms with E-state index >= 15 is 0 Å². The third-order valence-electron chi connectivity index (χ3n) is 4.27. The zero-order valence-corrected chi connectivity index (χ0v) is 11.9. The van der Waals surface area contributed by atoms with Crippen LogP contribution in [0, 0.1) is 5.41 Å². The van der Waals surface area contributed by atoms with Crippen LogP contribution in [0.2, 0.25) is 0 Å². The van der Waals surface area contributed by atoms with Crippen LogP contribution in [-0.2, 0) is 4.79 Å². The van der Waals surface area contributed by atoms with Crippen molar-refractivity contribution in [1.82, 2.24) is 5.32 Å². The quantitative estimate of drug-likeness (QED) is 0.642. The summed E-state index contributed by atoms with van der Waals surface area (Å²) in [6.45, 7) is 11.4. The highest BCUT2D eigenvalue weighted by Gasteiger charge is 2.44. The van der Waals surface area contributed by atoms with Gasteiger partial charge in [-0.25, -0.2) is 0 Å². The first-order valence-corrected chi connectivity index (χ1v) is 6.23. The van der Waals surface area contributed by atoms with Crippen LogP contribution in [0.15, 0.2) is 0 Å². The fourth-order valence-electron chi connectivity index (χ4n) is 1.37. The van der Waals surface area contributed by atoms with E-state index in [2.05, 4.69) is 5.32 Å². The Morgan fingerprint density at radius 1 is 1.12 bits per heavy atom. The number of β-amino-alcohol motifs (C(OH)–C–C–N with tert-alkyl or cyclic N) is 1. The summed E-state index contributed by atoms with van der Waals surface area (Å²) in [6, 6.07) is 0. The molecule has 0 aromatic heterocycles. The monoisotopic (exact) mass is 245 g/mol. The van der Waals surface area contributed by atoms with Gasteiger partial charge in [-0.1, -0.05) is 13.8 Å². The topological polar surface area (TPSA) is 69.6 Å². The zero-order chi connectivity index (χ0) is 13.9. The average molecular weight is 245 g/mol. The van der Waals surface area contributed by atoms with Crippen molar-refractivity contribution in [3.63, 3.8) is 0 Å². The van der Waals surface area contributed by atoms with Gasteiger partial charge in [-0.05, 0) is 40.5 Å². The molecule has 17 heavy (non-hydrogen) atoms. The molecule has 0 unspecified atom stereocenters. The number of carbonyl (C=O) groups is 1. The van der Waals surface area contributed by atoms with Gasteiger partial charge < -0.3 is 15.5 Å². The minimum atomic E-state index is -0.893. The van der Waals surface area contributed by atoms with E-state index in [0.717, 1.165) is 0 Å². The van der Waals surface area contributed by atoms with Crippen LogP contribution in [0.1, 0.15) is 54.4 Å². The van der Waals surface area contributed by atoms with Gasteiger partial charge in [-0.15, -0.1) is 0 Å². The normalized spacial score (nSPS) is 13.8. The molecule has 0 atom stereocenters. The summed E-state index contributed by atoms with van der Waals surface area (Å²) in [5.41, 5.74) is -2.24. The van der Waals surface area contributed by atoms with Gasteiger partial charge >= 0.3 is 5.97 Å². The maximum absolute atomic E-state index is 11.2. The molecule has 0 saturated carbocycles. The molecule has 0 spiro atoms. The lowest BCUT2D eigenvalue weighted by Crippen LogP contribution is -2.58. The molecule has 0 saturated heterocycles. The molecule has 4 nitrogen and oxygen atoms in total. The lowest BCUT2D eigenvalue weighted by atomic mass is 9.74. The minimum absolute atomic E-state index is 0.406. The summed E-state index contributed by atoms with van der Waals surface area (Å²) in [5.74, 6) is -0.841. The summed E-state index contributed by atoms with van der Waals surface area (Å²) in [4.78, 5) is 11.2. The Morgan fingerprint density at radius 2 is 1.53 bits per heavy atom. The Hall–Kier alpha value is -0.610. The fourth-order valence-corrected chi connectivity index (χ4v) is 1.37. The van der Waals surface area contributed by atoms with Gasteiger partial charge in [0.2, 0.25) is 0 Å². The van der Waals surface area contributed by atoms with Crippen LogP contribution < -0.4 is 5.32 Å². The molecule has 0 aromatic carbocycles. The third-order valence-corrected chi connectivity index (χ3v) is 4.27. The van der Waals surface area contributed by atoms with E-state index in [9.17, 15) is 15.0 Å². The molecule has 0 bridgehead atoms. The predicted octanol–water partition coefficient (Wildman–Crippen LogP) is 2.02. The second-order valence-electron chi connectivity index (χ2n) is 5.84. The molecule has 0 aromatic rings. The highest BCUT2D eigenvalue weighted by atomic mass is 16.4. The Balaban J connectivity index is 4.73. The maximum Gasteiger partial charge on any atom is 0.310 e. The van der Waals surface area contributed by atoms with Crippen molar-refractivity contribution in [2.75, 3.05) is 6.54 Å². The molecule has 0 aliphatic carbocycles. The van der Waals surface area contributed by atoms with Crippen LogP contribution in [0.4, 0.5) is 0 Å². The Kier molecular flexibility index (Phi) is 5.16. The van der Waals surface area contributed by atoms with Crippen LogP contribution in [0.25, 0.3) is 0 Å². The molecule has 0 heterocycles. The highest BCUT2D eigenvalue weighted by molar-refractivity contribution is 5.75. The molecule has 0 rings (SSSR count). The fraction of sp³-hybridized carbons (Fsp3) is 0.923. The molecule has 0 aliphatic heterocycles. The Morgan fingerprint density at radius 3 is 1.82 bits per heavy atom. The van der Waals surface area contributed by atoms with E-state index in [0.29, 0.717) is 19.4 Å². The molecule has 0 fully saturated rings. The van der Waals surface area contributed by atoms with Crippen LogP contribution >= 0.6 is 0 Å². The summed E-state index contributed by atoms with van der Waals surface area (Å²) in [7, 11) is 0. The molecule has 4 heteroatoms.